The quantitative estimate of drug-likeness (QED) is 0.560. The summed E-state index contributed by atoms with van der Waals surface area (Å²) in [5.74, 6) is 0.336. The lowest BCUT2D eigenvalue weighted by atomic mass is 9.96. The number of benzene rings is 2. The van der Waals surface area contributed by atoms with E-state index >= 15 is 0 Å². The van der Waals surface area contributed by atoms with E-state index in [1.165, 1.54) is 37.1 Å². The number of pyridine rings is 1. The molecule has 1 amide bonds. The van der Waals surface area contributed by atoms with Gasteiger partial charge in [0.05, 0.1) is 11.6 Å². The molecule has 2 fully saturated rings. The molecule has 0 aliphatic carbocycles. The van der Waals surface area contributed by atoms with Crippen LogP contribution in [0.5, 0.6) is 0 Å². The molecular weight excluding hydrogens is 434 g/mol. The molecule has 0 N–H and O–H groups in total. The van der Waals surface area contributed by atoms with Gasteiger partial charge in [-0.25, -0.2) is 13.8 Å². The maximum absolute atomic E-state index is 13.5. The van der Waals surface area contributed by atoms with Crippen molar-refractivity contribution in [1.29, 1.82) is 0 Å². The van der Waals surface area contributed by atoms with E-state index in [1.54, 1.807) is 30.5 Å². The normalized spacial score (nSPS) is 16.9. The Balaban J connectivity index is 1.28. The number of amides is 1. The van der Waals surface area contributed by atoms with Crippen LogP contribution in [-0.4, -0.2) is 60.0 Å². The number of nitrogens with zero attached hydrogens (tertiary/aromatic N) is 4. The second-order valence-corrected chi connectivity index (χ2v) is 8.93. The third kappa shape index (κ3) is 4.80. The van der Waals surface area contributed by atoms with Gasteiger partial charge in [-0.15, -0.1) is 0 Å². The van der Waals surface area contributed by atoms with Gasteiger partial charge >= 0.3 is 0 Å². The van der Waals surface area contributed by atoms with Crippen LogP contribution < -0.4 is 4.90 Å². The molecule has 0 radical (unpaired) electrons. The van der Waals surface area contributed by atoms with E-state index in [0.29, 0.717) is 31.7 Å². The average Bonchev–Trinajstić information content (AvgIpc) is 3.42. The van der Waals surface area contributed by atoms with Crippen molar-refractivity contribution in [3.63, 3.8) is 0 Å². The number of carbonyl (C=O) groups excluding carboxylic acids is 1. The van der Waals surface area contributed by atoms with Gasteiger partial charge in [0.25, 0.3) is 5.91 Å². The minimum Gasteiger partial charge on any atom is -0.357 e. The Bertz CT molecular complexity index is 1060. The molecule has 0 spiro atoms. The van der Waals surface area contributed by atoms with Crippen molar-refractivity contribution in [1.82, 2.24) is 14.8 Å². The van der Waals surface area contributed by atoms with Crippen molar-refractivity contribution in [2.24, 2.45) is 0 Å². The fourth-order valence-electron chi connectivity index (χ4n) is 4.92. The van der Waals surface area contributed by atoms with Crippen LogP contribution in [0.3, 0.4) is 0 Å². The smallest absolute Gasteiger partial charge is 0.255 e. The van der Waals surface area contributed by atoms with Gasteiger partial charge in [0, 0.05) is 45.5 Å². The van der Waals surface area contributed by atoms with Crippen LogP contribution in [0, 0.1) is 11.6 Å². The summed E-state index contributed by atoms with van der Waals surface area (Å²) in [5, 5.41) is 0. The highest BCUT2D eigenvalue weighted by Gasteiger charge is 2.29. The largest absolute Gasteiger partial charge is 0.357 e. The van der Waals surface area contributed by atoms with Gasteiger partial charge in [-0.05, 0) is 60.4 Å². The number of aromatic nitrogens is 1. The van der Waals surface area contributed by atoms with Crippen LogP contribution in [0.4, 0.5) is 14.6 Å². The van der Waals surface area contributed by atoms with Gasteiger partial charge in [0.1, 0.15) is 17.5 Å². The summed E-state index contributed by atoms with van der Waals surface area (Å²) >= 11 is 0. The van der Waals surface area contributed by atoms with Crippen molar-refractivity contribution in [2.45, 2.75) is 18.9 Å². The van der Waals surface area contributed by atoms with Crippen molar-refractivity contribution in [3.8, 4) is 0 Å². The Morgan fingerprint density at radius 1 is 0.735 bits per heavy atom. The molecule has 1 aromatic heterocycles. The summed E-state index contributed by atoms with van der Waals surface area (Å²) in [5.41, 5.74) is 2.48. The number of halogens is 2. The van der Waals surface area contributed by atoms with Gasteiger partial charge in [0.2, 0.25) is 0 Å². The van der Waals surface area contributed by atoms with E-state index in [-0.39, 0.29) is 23.6 Å². The Morgan fingerprint density at radius 3 is 1.79 bits per heavy atom. The SMILES string of the molecule is O=C(c1ccc(N2CCCC2)nc1)N1CCN(C(c2ccc(F)cc2)c2ccc(F)cc2)CC1. The van der Waals surface area contributed by atoms with Crippen LogP contribution in [0.1, 0.15) is 40.4 Å². The molecule has 0 unspecified atom stereocenters. The van der Waals surface area contributed by atoms with Gasteiger partial charge in [-0.2, -0.15) is 0 Å². The summed E-state index contributed by atoms with van der Waals surface area (Å²) in [6.07, 6.45) is 4.05. The van der Waals surface area contributed by atoms with E-state index in [4.69, 9.17) is 0 Å². The molecule has 0 saturated carbocycles. The van der Waals surface area contributed by atoms with E-state index in [1.807, 2.05) is 17.0 Å². The number of hydrogen-bond donors (Lipinski definition) is 0. The summed E-state index contributed by atoms with van der Waals surface area (Å²) in [7, 11) is 0. The Hall–Kier alpha value is -3.32. The van der Waals surface area contributed by atoms with Gasteiger partial charge < -0.3 is 9.80 Å². The third-order valence-corrected chi connectivity index (χ3v) is 6.76. The molecule has 5 nitrogen and oxygen atoms in total. The summed E-state index contributed by atoms with van der Waals surface area (Å²) in [6, 6.07) is 16.6. The second kappa shape index (κ2) is 9.89. The molecule has 0 bridgehead atoms. The number of rotatable bonds is 5. The molecule has 176 valence electrons. The average molecular weight is 463 g/mol. The number of anilines is 1. The number of hydrogen-bond acceptors (Lipinski definition) is 4. The van der Waals surface area contributed by atoms with Crippen molar-refractivity contribution in [3.05, 3.63) is 95.2 Å². The van der Waals surface area contributed by atoms with Crippen LogP contribution in [0.2, 0.25) is 0 Å². The fraction of sp³-hybridized carbons (Fsp3) is 0.333. The first-order valence-corrected chi connectivity index (χ1v) is 11.8. The maximum atomic E-state index is 13.5. The molecule has 3 aromatic rings. The van der Waals surface area contributed by atoms with Crippen LogP contribution in [0.15, 0.2) is 66.9 Å². The lowest BCUT2D eigenvalue weighted by molar-refractivity contribution is 0.0597. The van der Waals surface area contributed by atoms with Crippen LogP contribution >= 0.6 is 0 Å². The number of piperazine rings is 1. The molecule has 7 heteroatoms. The first-order chi connectivity index (χ1) is 16.6. The highest BCUT2D eigenvalue weighted by Crippen LogP contribution is 2.30. The minimum atomic E-state index is -0.290. The molecule has 3 heterocycles. The summed E-state index contributed by atoms with van der Waals surface area (Å²) in [6.45, 7) is 4.50. The van der Waals surface area contributed by atoms with E-state index in [9.17, 15) is 13.6 Å². The molecule has 2 aliphatic rings. The molecule has 2 saturated heterocycles. The summed E-state index contributed by atoms with van der Waals surface area (Å²) in [4.78, 5) is 24.0. The molecule has 0 atom stereocenters. The zero-order valence-corrected chi connectivity index (χ0v) is 19.0. The first kappa shape index (κ1) is 22.5. The Morgan fingerprint density at radius 2 is 1.29 bits per heavy atom. The highest BCUT2D eigenvalue weighted by molar-refractivity contribution is 5.94. The maximum Gasteiger partial charge on any atom is 0.255 e. The lowest BCUT2D eigenvalue weighted by Crippen LogP contribution is -2.49. The molecule has 2 aromatic carbocycles. The fourth-order valence-corrected chi connectivity index (χ4v) is 4.92. The van der Waals surface area contributed by atoms with E-state index < -0.39 is 0 Å². The predicted octanol–water partition coefficient (Wildman–Crippen LogP) is 4.51. The molecular formula is C27H28F2N4O. The van der Waals surface area contributed by atoms with E-state index in [2.05, 4.69) is 14.8 Å². The van der Waals surface area contributed by atoms with Crippen molar-refractivity contribution < 1.29 is 13.6 Å². The van der Waals surface area contributed by atoms with Crippen molar-refractivity contribution in [2.75, 3.05) is 44.2 Å². The van der Waals surface area contributed by atoms with Gasteiger partial charge in [-0.3, -0.25) is 9.69 Å². The topological polar surface area (TPSA) is 39.7 Å². The summed E-state index contributed by atoms with van der Waals surface area (Å²) < 4.78 is 27.1. The molecule has 2 aliphatic heterocycles. The second-order valence-electron chi connectivity index (χ2n) is 8.93. The van der Waals surface area contributed by atoms with Crippen LogP contribution in [-0.2, 0) is 0 Å². The Kier molecular flexibility index (Phi) is 6.54. The monoisotopic (exact) mass is 462 g/mol. The van der Waals surface area contributed by atoms with E-state index in [0.717, 1.165) is 30.0 Å². The highest BCUT2D eigenvalue weighted by atomic mass is 19.1. The zero-order valence-electron chi connectivity index (χ0n) is 19.0. The van der Waals surface area contributed by atoms with Crippen molar-refractivity contribution >= 4 is 11.7 Å². The third-order valence-electron chi connectivity index (χ3n) is 6.76. The predicted molar refractivity (Wildman–Crippen MR) is 128 cm³/mol. The van der Waals surface area contributed by atoms with Gasteiger partial charge in [0.15, 0.2) is 0 Å². The Labute approximate surface area is 198 Å². The first-order valence-electron chi connectivity index (χ1n) is 11.8. The lowest BCUT2D eigenvalue weighted by Gasteiger charge is -2.39. The standard InChI is InChI=1S/C27H28F2N4O/c28-23-8-3-20(4-9-23)26(21-5-10-24(29)11-6-21)32-15-17-33(18-16-32)27(34)22-7-12-25(30-19-22)31-13-1-2-14-31/h3-12,19,26H,1-2,13-18H2. The molecule has 34 heavy (non-hydrogen) atoms. The minimum absolute atomic E-state index is 0.0137. The number of carbonyl (C=O) groups is 1. The zero-order chi connectivity index (χ0) is 23.5. The molecule has 5 rings (SSSR count). The van der Waals surface area contributed by atoms with Crippen LogP contribution in [0.25, 0.3) is 0 Å². The van der Waals surface area contributed by atoms with Gasteiger partial charge in [-0.1, -0.05) is 24.3 Å².